The summed E-state index contributed by atoms with van der Waals surface area (Å²) in [4.78, 5) is 28.8. The van der Waals surface area contributed by atoms with Crippen molar-refractivity contribution in [2.24, 2.45) is 0 Å². The van der Waals surface area contributed by atoms with Gasteiger partial charge in [-0.3, -0.25) is 9.59 Å². The average Bonchev–Trinajstić information content (AvgIpc) is 3.28. The minimum absolute atomic E-state index is 0.0176. The van der Waals surface area contributed by atoms with E-state index in [1.165, 1.54) is 13.2 Å². The van der Waals surface area contributed by atoms with Gasteiger partial charge in [-0.1, -0.05) is 0 Å². The van der Waals surface area contributed by atoms with Gasteiger partial charge in [0.05, 0.1) is 42.9 Å². The fourth-order valence-corrected chi connectivity index (χ4v) is 6.05. The quantitative estimate of drug-likeness (QED) is 0.382. The Morgan fingerprint density at radius 2 is 1.88 bits per heavy atom. The zero-order chi connectivity index (χ0) is 30.5. The van der Waals surface area contributed by atoms with Gasteiger partial charge in [-0.2, -0.15) is 0 Å². The van der Waals surface area contributed by atoms with Gasteiger partial charge >= 0.3 is 0 Å². The molecule has 1 unspecified atom stereocenters. The SMILES string of the molecule is COc1ccc(F)c(F)c1CNCC1(C)COc2c(oc3cc(C(=O)NC4(C)COC4)ccc23)C(=O)N1[C@H]1C[C@@H](OC)C1. The number of carbonyl (C=O) groups is 2. The first-order chi connectivity index (χ1) is 20.6. The second kappa shape index (κ2) is 11.1. The van der Waals surface area contributed by atoms with Gasteiger partial charge in [-0.05, 0) is 57.0 Å². The van der Waals surface area contributed by atoms with Crippen LogP contribution in [0.5, 0.6) is 11.5 Å². The zero-order valence-electron chi connectivity index (χ0n) is 24.6. The number of ether oxygens (including phenoxy) is 4. The highest BCUT2D eigenvalue weighted by Crippen LogP contribution is 2.42. The number of nitrogens with zero attached hydrogens (tertiary/aromatic N) is 1. The van der Waals surface area contributed by atoms with E-state index in [9.17, 15) is 18.4 Å². The first-order valence-corrected chi connectivity index (χ1v) is 14.2. The van der Waals surface area contributed by atoms with Crippen LogP contribution in [0.25, 0.3) is 11.0 Å². The van der Waals surface area contributed by atoms with Crippen molar-refractivity contribution >= 4 is 22.8 Å². The van der Waals surface area contributed by atoms with Crippen LogP contribution in [0, 0.1) is 11.6 Å². The molecule has 10 nitrogen and oxygen atoms in total. The Bertz CT molecular complexity index is 1570. The number of methoxy groups -OCH3 is 2. The van der Waals surface area contributed by atoms with Gasteiger partial charge in [0, 0.05) is 37.4 Å². The van der Waals surface area contributed by atoms with Crippen LogP contribution in [-0.4, -0.2) is 80.5 Å². The number of nitrogens with one attached hydrogen (secondary N) is 2. The smallest absolute Gasteiger partial charge is 0.294 e. The van der Waals surface area contributed by atoms with Gasteiger partial charge in [0.25, 0.3) is 11.8 Å². The van der Waals surface area contributed by atoms with Gasteiger partial charge in [-0.15, -0.1) is 0 Å². The highest BCUT2D eigenvalue weighted by molar-refractivity contribution is 6.04. The second-order valence-electron chi connectivity index (χ2n) is 12.1. The molecular formula is C31H35F2N3O7. The monoisotopic (exact) mass is 599 g/mol. The molecule has 43 heavy (non-hydrogen) atoms. The van der Waals surface area contributed by atoms with Gasteiger partial charge in [0.15, 0.2) is 17.4 Å². The van der Waals surface area contributed by atoms with Crippen molar-refractivity contribution in [3.63, 3.8) is 0 Å². The molecule has 3 heterocycles. The summed E-state index contributed by atoms with van der Waals surface area (Å²) in [5, 5.41) is 6.74. The molecule has 0 bridgehead atoms. The average molecular weight is 600 g/mol. The van der Waals surface area contributed by atoms with Crippen LogP contribution in [0.15, 0.2) is 34.7 Å². The van der Waals surface area contributed by atoms with Crippen molar-refractivity contribution < 1.29 is 41.7 Å². The van der Waals surface area contributed by atoms with Crippen molar-refractivity contribution in [3.05, 3.63) is 58.9 Å². The standard InChI is InChI=1S/C31H35F2N3O7/c1-30(14-41-15-30)35-28(37)17-5-6-20-24(9-17)43-27-26(20)42-16-31(2,36(29(27)38)18-10-19(11-18)39-3)13-34-12-21-23(40-4)8-7-22(32)25(21)33/h5-9,18-19,34H,10-16H2,1-4H3,(H,35,37)/t18-,19+,31?. The Morgan fingerprint density at radius 1 is 1.12 bits per heavy atom. The van der Waals surface area contributed by atoms with E-state index in [1.807, 2.05) is 13.8 Å². The van der Waals surface area contributed by atoms with Crippen molar-refractivity contribution in [2.75, 3.05) is 40.6 Å². The fourth-order valence-electron chi connectivity index (χ4n) is 6.05. The van der Waals surface area contributed by atoms with Crippen LogP contribution in [-0.2, 0) is 16.0 Å². The Morgan fingerprint density at radius 3 is 2.56 bits per heavy atom. The molecule has 6 rings (SSSR count). The van der Waals surface area contributed by atoms with Gasteiger partial charge in [0.1, 0.15) is 17.9 Å². The number of rotatable bonds is 9. The molecule has 1 saturated carbocycles. The van der Waals surface area contributed by atoms with Crippen molar-refractivity contribution in [1.29, 1.82) is 0 Å². The molecule has 1 aromatic heterocycles. The summed E-state index contributed by atoms with van der Waals surface area (Å²) < 4.78 is 56.9. The number of hydrogen-bond acceptors (Lipinski definition) is 8. The maximum atomic E-state index is 14.6. The van der Waals surface area contributed by atoms with E-state index in [1.54, 1.807) is 30.2 Å². The van der Waals surface area contributed by atoms with Crippen LogP contribution in [0.4, 0.5) is 8.78 Å². The van der Waals surface area contributed by atoms with Crippen molar-refractivity contribution in [3.8, 4) is 11.5 Å². The molecule has 1 aliphatic carbocycles. The van der Waals surface area contributed by atoms with Crippen molar-refractivity contribution in [2.45, 2.75) is 56.5 Å². The van der Waals surface area contributed by atoms with E-state index in [-0.39, 0.29) is 60.7 Å². The number of fused-ring (bicyclic) bond motifs is 3. The van der Waals surface area contributed by atoms with Crippen molar-refractivity contribution in [1.82, 2.24) is 15.5 Å². The normalized spacial score (nSPS) is 24.4. The molecule has 3 aliphatic rings. The summed E-state index contributed by atoms with van der Waals surface area (Å²) in [6.07, 6.45) is 1.28. The molecule has 2 fully saturated rings. The summed E-state index contributed by atoms with van der Waals surface area (Å²) in [6.45, 7) is 4.96. The van der Waals surface area contributed by atoms with Crippen LogP contribution < -0.4 is 20.1 Å². The number of carbonyl (C=O) groups excluding carboxylic acids is 2. The zero-order valence-corrected chi connectivity index (χ0v) is 24.6. The summed E-state index contributed by atoms with van der Waals surface area (Å²) in [7, 11) is 3.03. The predicted molar refractivity (Wildman–Crippen MR) is 151 cm³/mol. The molecule has 2 N–H and O–H groups in total. The minimum atomic E-state index is -0.988. The molecule has 0 spiro atoms. The van der Waals surface area contributed by atoms with Crippen LogP contribution in [0.1, 0.15) is 53.2 Å². The molecule has 2 amide bonds. The van der Waals surface area contributed by atoms with E-state index < -0.39 is 22.7 Å². The summed E-state index contributed by atoms with van der Waals surface area (Å²) in [5.74, 6) is -2.00. The third-order valence-corrected chi connectivity index (χ3v) is 8.63. The summed E-state index contributed by atoms with van der Waals surface area (Å²) in [5.41, 5.74) is -0.493. The Kier molecular flexibility index (Phi) is 7.55. The lowest BCUT2D eigenvalue weighted by Crippen LogP contribution is -2.64. The van der Waals surface area contributed by atoms with Gasteiger partial charge in [0.2, 0.25) is 5.76 Å². The number of furan rings is 1. The molecule has 2 aliphatic heterocycles. The molecular weight excluding hydrogens is 564 g/mol. The first-order valence-electron chi connectivity index (χ1n) is 14.2. The molecule has 3 aromatic rings. The topological polar surface area (TPSA) is 112 Å². The molecule has 2 aromatic carbocycles. The summed E-state index contributed by atoms with van der Waals surface area (Å²) >= 11 is 0. The van der Waals surface area contributed by atoms with Crippen LogP contribution >= 0.6 is 0 Å². The fraction of sp³-hybridized carbons (Fsp3) is 0.484. The number of halogens is 2. The Labute approximate surface area is 247 Å². The molecule has 12 heteroatoms. The number of amides is 2. The number of benzene rings is 2. The van der Waals surface area contributed by atoms with E-state index in [4.69, 9.17) is 23.4 Å². The lowest BCUT2D eigenvalue weighted by atomic mass is 9.84. The molecule has 1 saturated heterocycles. The largest absolute Gasteiger partial charge is 0.496 e. The van der Waals surface area contributed by atoms with E-state index in [0.29, 0.717) is 48.3 Å². The molecule has 0 radical (unpaired) electrons. The maximum Gasteiger partial charge on any atom is 0.294 e. The van der Waals surface area contributed by atoms with Gasteiger partial charge in [-0.25, -0.2) is 8.78 Å². The Balaban J connectivity index is 1.27. The first kappa shape index (κ1) is 29.3. The molecule has 1 atom stereocenters. The Hall–Kier alpha value is -3.74. The number of hydrogen-bond donors (Lipinski definition) is 2. The second-order valence-corrected chi connectivity index (χ2v) is 12.1. The summed E-state index contributed by atoms with van der Waals surface area (Å²) in [6, 6.07) is 7.23. The van der Waals surface area contributed by atoms with Crippen LogP contribution in [0.2, 0.25) is 0 Å². The predicted octanol–water partition coefficient (Wildman–Crippen LogP) is 3.80. The van der Waals surface area contributed by atoms with E-state index >= 15 is 0 Å². The van der Waals surface area contributed by atoms with Crippen LogP contribution in [0.3, 0.4) is 0 Å². The highest BCUT2D eigenvalue weighted by atomic mass is 19.2. The minimum Gasteiger partial charge on any atom is -0.496 e. The molecule has 230 valence electrons. The van der Waals surface area contributed by atoms with Gasteiger partial charge < -0.3 is 38.9 Å². The third-order valence-electron chi connectivity index (χ3n) is 8.63. The lowest BCUT2D eigenvalue weighted by molar-refractivity contribution is -0.0593. The highest BCUT2D eigenvalue weighted by Gasteiger charge is 2.49. The third kappa shape index (κ3) is 5.21. The van der Waals surface area contributed by atoms with E-state index in [2.05, 4.69) is 10.6 Å². The van der Waals surface area contributed by atoms with E-state index in [0.717, 1.165) is 6.07 Å². The lowest BCUT2D eigenvalue weighted by Gasteiger charge is -2.49. The maximum absolute atomic E-state index is 14.6.